The van der Waals surface area contributed by atoms with E-state index in [9.17, 15) is 10.1 Å². The van der Waals surface area contributed by atoms with E-state index in [1.165, 1.54) is 0 Å². The van der Waals surface area contributed by atoms with Crippen LogP contribution < -0.4 is 4.90 Å². The molecule has 1 aromatic heterocycles. The van der Waals surface area contributed by atoms with Gasteiger partial charge < -0.3 is 9.80 Å². The normalized spacial score (nSPS) is 11.2. The van der Waals surface area contributed by atoms with E-state index in [1.54, 1.807) is 49.3 Å². The van der Waals surface area contributed by atoms with Gasteiger partial charge in [0, 0.05) is 21.1 Å². The summed E-state index contributed by atoms with van der Waals surface area (Å²) in [5.74, 6) is 0.444. The number of halogens is 1. The van der Waals surface area contributed by atoms with Crippen LogP contribution in [0, 0.1) is 10.1 Å². The van der Waals surface area contributed by atoms with Crippen LogP contribution >= 0.6 is 11.6 Å². The van der Waals surface area contributed by atoms with Gasteiger partial charge in [-0.3, -0.25) is 10.1 Å². The average molecular weight is 257 g/mol. The number of hydrogen-bond donors (Lipinski definition) is 0. The smallest absolute Gasteiger partial charge is 0.274 e. The molecule has 1 heterocycles. The highest BCUT2D eigenvalue weighted by atomic mass is 35.5. The summed E-state index contributed by atoms with van der Waals surface area (Å²) in [6.07, 6.45) is 2.49. The molecule has 0 radical (unpaired) electrons. The van der Waals surface area contributed by atoms with Crippen molar-refractivity contribution in [1.29, 1.82) is 0 Å². The molecule has 0 aromatic carbocycles. The zero-order valence-electron chi connectivity index (χ0n) is 9.79. The summed E-state index contributed by atoms with van der Waals surface area (Å²) in [6, 6.07) is 3.37. The molecule has 0 aliphatic heterocycles. The Bertz CT molecular complexity index is 430. The van der Waals surface area contributed by atoms with Gasteiger partial charge >= 0.3 is 0 Å². The zero-order valence-corrected chi connectivity index (χ0v) is 10.5. The van der Waals surface area contributed by atoms with Crippen molar-refractivity contribution >= 4 is 17.3 Å². The second-order valence-corrected chi connectivity index (χ2v) is 3.95. The Morgan fingerprint density at radius 1 is 1.47 bits per heavy atom. The fourth-order valence-electron chi connectivity index (χ4n) is 1.30. The van der Waals surface area contributed by atoms with Crippen molar-refractivity contribution in [2.75, 3.05) is 26.0 Å². The molecule has 0 atom stereocenters. The molecule has 0 aliphatic carbocycles. The molecule has 7 heteroatoms. The van der Waals surface area contributed by atoms with E-state index in [1.807, 2.05) is 0 Å². The Balaban J connectivity index is 3.04. The fourth-order valence-corrected chi connectivity index (χ4v) is 1.41. The zero-order chi connectivity index (χ0) is 13.0. The van der Waals surface area contributed by atoms with Gasteiger partial charge in [0.25, 0.3) is 6.20 Å². The van der Waals surface area contributed by atoms with Gasteiger partial charge in [-0.15, -0.1) is 0 Å². The van der Waals surface area contributed by atoms with Crippen molar-refractivity contribution in [2.24, 2.45) is 0 Å². The second-order valence-electron chi connectivity index (χ2n) is 3.57. The Labute approximate surface area is 104 Å². The fraction of sp³-hybridized carbons (Fsp3) is 0.300. The summed E-state index contributed by atoms with van der Waals surface area (Å²) in [7, 11) is 5.19. The number of pyridine rings is 1. The molecule has 0 amide bonds. The van der Waals surface area contributed by atoms with Crippen LogP contribution in [0.15, 0.2) is 30.4 Å². The molecular weight excluding hydrogens is 244 g/mol. The molecule has 1 rings (SSSR count). The van der Waals surface area contributed by atoms with E-state index in [4.69, 9.17) is 11.6 Å². The van der Waals surface area contributed by atoms with Crippen molar-refractivity contribution < 1.29 is 4.92 Å². The third kappa shape index (κ3) is 3.60. The van der Waals surface area contributed by atoms with Gasteiger partial charge in [-0.2, -0.15) is 0 Å². The summed E-state index contributed by atoms with van der Waals surface area (Å²) >= 11 is 5.68. The lowest BCUT2D eigenvalue weighted by molar-refractivity contribution is -0.404. The minimum Gasteiger partial charge on any atom is -0.359 e. The third-order valence-electron chi connectivity index (χ3n) is 2.12. The molecule has 0 spiro atoms. The molecule has 17 heavy (non-hydrogen) atoms. The number of aromatic nitrogens is 1. The first-order valence-corrected chi connectivity index (χ1v) is 5.17. The van der Waals surface area contributed by atoms with Crippen LogP contribution in [0.5, 0.6) is 0 Å². The number of hydrogen-bond acceptors (Lipinski definition) is 5. The molecule has 0 fully saturated rings. The molecule has 0 unspecified atom stereocenters. The summed E-state index contributed by atoms with van der Waals surface area (Å²) in [5.41, 5.74) is 0.719. The van der Waals surface area contributed by atoms with Gasteiger partial charge in [-0.1, -0.05) is 11.6 Å². The molecule has 0 bridgehead atoms. The van der Waals surface area contributed by atoms with Crippen LogP contribution in [0.3, 0.4) is 0 Å². The maximum Gasteiger partial charge on any atom is 0.274 e. The number of nitro groups is 1. The van der Waals surface area contributed by atoms with Crippen LogP contribution in [0.25, 0.3) is 0 Å². The number of nitrogens with zero attached hydrogens (tertiary/aromatic N) is 4. The highest BCUT2D eigenvalue weighted by Crippen LogP contribution is 2.18. The topological polar surface area (TPSA) is 62.5 Å². The molecule has 0 aliphatic rings. The Morgan fingerprint density at radius 2 is 2.12 bits per heavy atom. The van der Waals surface area contributed by atoms with Crippen LogP contribution in [-0.2, 0) is 0 Å². The van der Waals surface area contributed by atoms with Gasteiger partial charge in [0.2, 0.25) is 0 Å². The van der Waals surface area contributed by atoms with Gasteiger partial charge in [-0.25, -0.2) is 4.98 Å². The van der Waals surface area contributed by atoms with E-state index in [0.29, 0.717) is 11.0 Å². The van der Waals surface area contributed by atoms with Gasteiger partial charge in [0.15, 0.2) is 5.82 Å². The first-order valence-electron chi connectivity index (χ1n) is 4.79. The largest absolute Gasteiger partial charge is 0.359 e. The third-order valence-corrected chi connectivity index (χ3v) is 2.35. The lowest BCUT2D eigenvalue weighted by atomic mass is 10.4. The van der Waals surface area contributed by atoms with Crippen LogP contribution in [0.1, 0.15) is 0 Å². The van der Waals surface area contributed by atoms with Crippen molar-refractivity contribution in [3.8, 4) is 0 Å². The minimum absolute atomic E-state index is 0.381. The minimum atomic E-state index is -0.491. The summed E-state index contributed by atoms with van der Waals surface area (Å²) < 4.78 is 0. The SMILES string of the molecule is CN(C)/C(=C\[N+](=O)[O-])N(C)c1ccc(Cl)nc1. The highest BCUT2D eigenvalue weighted by Gasteiger charge is 2.13. The van der Waals surface area contributed by atoms with Crippen LogP contribution in [0.2, 0.25) is 5.15 Å². The Kier molecular flexibility index (Phi) is 4.28. The van der Waals surface area contributed by atoms with Crippen LogP contribution in [0.4, 0.5) is 5.69 Å². The van der Waals surface area contributed by atoms with Gasteiger partial charge in [-0.05, 0) is 12.1 Å². The lowest BCUT2D eigenvalue weighted by Crippen LogP contribution is -2.28. The first kappa shape index (κ1) is 13.2. The molecule has 0 saturated heterocycles. The quantitative estimate of drug-likeness (QED) is 0.467. The van der Waals surface area contributed by atoms with Crippen molar-refractivity contribution in [3.05, 3.63) is 45.6 Å². The standard InChI is InChI=1S/C10H13ClN4O2/c1-13(2)10(7-15(16)17)14(3)8-4-5-9(11)12-6-8/h4-7H,1-3H3/b10-7+. The summed E-state index contributed by atoms with van der Waals surface area (Å²) in [5, 5.41) is 10.9. The van der Waals surface area contributed by atoms with Gasteiger partial charge in [0.1, 0.15) is 5.15 Å². The van der Waals surface area contributed by atoms with Gasteiger partial charge in [0.05, 0.1) is 16.8 Å². The lowest BCUT2D eigenvalue weighted by Gasteiger charge is -2.25. The second kappa shape index (κ2) is 5.49. The highest BCUT2D eigenvalue weighted by molar-refractivity contribution is 6.29. The van der Waals surface area contributed by atoms with E-state index in [0.717, 1.165) is 11.9 Å². The van der Waals surface area contributed by atoms with E-state index >= 15 is 0 Å². The molecule has 0 N–H and O–H groups in total. The average Bonchev–Trinajstić information content (AvgIpc) is 2.25. The van der Waals surface area contributed by atoms with E-state index in [-0.39, 0.29) is 0 Å². The molecule has 6 nitrogen and oxygen atoms in total. The van der Waals surface area contributed by atoms with Crippen molar-refractivity contribution in [2.45, 2.75) is 0 Å². The van der Waals surface area contributed by atoms with E-state index in [2.05, 4.69) is 4.98 Å². The molecular formula is C10H13ClN4O2. The Morgan fingerprint density at radius 3 is 2.53 bits per heavy atom. The maximum atomic E-state index is 10.5. The maximum absolute atomic E-state index is 10.5. The number of anilines is 1. The first-order chi connectivity index (χ1) is 7.91. The number of rotatable bonds is 4. The molecule has 1 aromatic rings. The Hall–Kier alpha value is -1.82. The monoisotopic (exact) mass is 256 g/mol. The van der Waals surface area contributed by atoms with Crippen molar-refractivity contribution in [1.82, 2.24) is 9.88 Å². The summed E-state index contributed by atoms with van der Waals surface area (Å²) in [6.45, 7) is 0. The predicted molar refractivity (Wildman–Crippen MR) is 66.4 cm³/mol. The van der Waals surface area contributed by atoms with Crippen LogP contribution in [-0.4, -0.2) is 36.0 Å². The van der Waals surface area contributed by atoms with Crippen molar-refractivity contribution in [3.63, 3.8) is 0 Å². The predicted octanol–water partition coefficient (Wildman–Crippen LogP) is 1.81. The molecule has 92 valence electrons. The summed E-state index contributed by atoms with van der Waals surface area (Å²) in [4.78, 5) is 17.3. The molecule has 0 saturated carbocycles. The van der Waals surface area contributed by atoms with E-state index < -0.39 is 4.92 Å².